The SMILES string of the molecule is CN(C)c1ccc(C2C(C(=O)c3ccco3)=C(O)C(=O)N2CC(c2ccccc2)N(C)C)cc1. The maximum Gasteiger partial charge on any atom is 0.290 e. The third-order valence-electron chi connectivity index (χ3n) is 6.20. The number of Topliss-reactive ketones (excluding diaryl/α,β-unsaturated/α-hetero) is 1. The summed E-state index contributed by atoms with van der Waals surface area (Å²) in [6, 6.07) is 19.8. The zero-order valence-corrected chi connectivity index (χ0v) is 19.8. The summed E-state index contributed by atoms with van der Waals surface area (Å²) in [5.41, 5.74) is 2.79. The first kappa shape index (κ1) is 23.3. The lowest BCUT2D eigenvalue weighted by molar-refractivity contribution is -0.130. The Kier molecular flexibility index (Phi) is 6.56. The first-order chi connectivity index (χ1) is 16.3. The van der Waals surface area contributed by atoms with Gasteiger partial charge in [-0.25, -0.2) is 0 Å². The van der Waals surface area contributed by atoms with Gasteiger partial charge in [0.1, 0.15) is 0 Å². The molecule has 2 atom stereocenters. The molecule has 2 unspecified atom stereocenters. The number of aliphatic hydroxyl groups is 1. The van der Waals surface area contributed by atoms with E-state index in [1.54, 1.807) is 11.0 Å². The molecule has 0 saturated carbocycles. The molecule has 3 aromatic rings. The van der Waals surface area contributed by atoms with Gasteiger partial charge in [0.15, 0.2) is 11.5 Å². The van der Waals surface area contributed by atoms with Gasteiger partial charge < -0.3 is 24.2 Å². The summed E-state index contributed by atoms with van der Waals surface area (Å²) in [7, 11) is 7.78. The summed E-state index contributed by atoms with van der Waals surface area (Å²) in [6.07, 6.45) is 1.40. The summed E-state index contributed by atoms with van der Waals surface area (Å²) in [5, 5.41) is 10.9. The second kappa shape index (κ2) is 9.57. The van der Waals surface area contributed by atoms with Crippen LogP contribution in [0.4, 0.5) is 5.69 Å². The highest BCUT2D eigenvalue weighted by molar-refractivity contribution is 6.15. The standard InChI is InChI=1S/C27H29N3O4/c1-28(2)20-14-12-19(13-15-20)24-23(25(31)22-11-8-16-34-22)26(32)27(33)30(24)17-21(29(3)4)18-9-6-5-7-10-18/h5-16,21,24,32H,17H2,1-4H3. The van der Waals surface area contributed by atoms with Crippen molar-refractivity contribution in [2.45, 2.75) is 12.1 Å². The van der Waals surface area contributed by atoms with Crippen LogP contribution in [0.3, 0.4) is 0 Å². The summed E-state index contributed by atoms with van der Waals surface area (Å²) in [5.74, 6) is -1.52. The van der Waals surface area contributed by atoms with Crippen LogP contribution in [0.25, 0.3) is 0 Å². The maximum absolute atomic E-state index is 13.3. The number of benzene rings is 2. The lowest BCUT2D eigenvalue weighted by atomic mass is 9.94. The quantitative estimate of drug-likeness (QED) is 0.508. The molecule has 0 spiro atoms. The molecule has 7 nitrogen and oxygen atoms in total. The second-order valence-corrected chi connectivity index (χ2v) is 8.80. The van der Waals surface area contributed by atoms with E-state index in [9.17, 15) is 14.7 Å². The van der Waals surface area contributed by atoms with Crippen LogP contribution in [0, 0.1) is 0 Å². The highest BCUT2D eigenvalue weighted by Crippen LogP contribution is 2.41. The van der Waals surface area contributed by atoms with Crippen molar-refractivity contribution in [3.8, 4) is 0 Å². The zero-order valence-electron chi connectivity index (χ0n) is 19.8. The minimum atomic E-state index is -0.743. The third kappa shape index (κ3) is 4.34. The van der Waals surface area contributed by atoms with Crippen molar-refractivity contribution in [3.05, 3.63) is 101 Å². The Balaban J connectivity index is 1.78. The van der Waals surface area contributed by atoms with Crippen molar-refractivity contribution < 1.29 is 19.1 Å². The fourth-order valence-electron chi connectivity index (χ4n) is 4.34. The number of likely N-dealkylation sites (N-methyl/N-ethyl adjacent to an activating group) is 1. The predicted octanol–water partition coefficient (Wildman–Crippen LogP) is 4.23. The molecule has 1 aliphatic rings. The molecule has 176 valence electrons. The summed E-state index contributed by atoms with van der Waals surface area (Å²) < 4.78 is 5.31. The first-order valence-electron chi connectivity index (χ1n) is 11.1. The topological polar surface area (TPSA) is 77.2 Å². The molecule has 2 heterocycles. The van der Waals surface area contributed by atoms with Gasteiger partial charge >= 0.3 is 0 Å². The van der Waals surface area contributed by atoms with E-state index in [4.69, 9.17) is 4.42 Å². The number of hydrogen-bond acceptors (Lipinski definition) is 6. The van der Waals surface area contributed by atoms with Gasteiger partial charge in [-0.1, -0.05) is 42.5 Å². The van der Waals surface area contributed by atoms with Crippen LogP contribution in [-0.2, 0) is 4.79 Å². The predicted molar refractivity (Wildman–Crippen MR) is 131 cm³/mol. The molecular formula is C27H29N3O4. The fourth-order valence-corrected chi connectivity index (χ4v) is 4.34. The minimum absolute atomic E-state index is 0.0307. The average Bonchev–Trinajstić information content (AvgIpc) is 3.45. The van der Waals surface area contributed by atoms with Crippen LogP contribution in [-0.4, -0.2) is 61.3 Å². The summed E-state index contributed by atoms with van der Waals surface area (Å²) >= 11 is 0. The molecule has 34 heavy (non-hydrogen) atoms. The Bertz CT molecular complexity index is 1180. The Morgan fingerprint density at radius 3 is 2.24 bits per heavy atom. The van der Waals surface area contributed by atoms with E-state index in [1.807, 2.05) is 92.6 Å². The van der Waals surface area contributed by atoms with Crippen molar-refractivity contribution in [3.63, 3.8) is 0 Å². The van der Waals surface area contributed by atoms with E-state index in [1.165, 1.54) is 12.3 Å². The largest absolute Gasteiger partial charge is 0.503 e. The molecule has 0 radical (unpaired) electrons. The van der Waals surface area contributed by atoms with Crippen molar-refractivity contribution in [2.24, 2.45) is 0 Å². The molecule has 2 aromatic carbocycles. The Hall–Kier alpha value is -3.84. The Labute approximate surface area is 199 Å². The van der Waals surface area contributed by atoms with E-state index in [-0.39, 0.29) is 23.9 Å². The number of hydrogen-bond donors (Lipinski definition) is 1. The van der Waals surface area contributed by atoms with Crippen LogP contribution in [0.2, 0.25) is 0 Å². The number of amides is 1. The first-order valence-corrected chi connectivity index (χ1v) is 11.1. The number of carbonyl (C=O) groups is 2. The summed E-state index contributed by atoms with van der Waals surface area (Å²) in [6.45, 7) is 0.287. The Morgan fingerprint density at radius 2 is 1.68 bits per heavy atom. The van der Waals surface area contributed by atoms with Crippen LogP contribution < -0.4 is 4.90 Å². The molecule has 0 aliphatic carbocycles. The normalized spacial score (nSPS) is 16.9. The number of rotatable bonds is 8. The zero-order chi connectivity index (χ0) is 24.4. The highest BCUT2D eigenvalue weighted by atomic mass is 16.3. The van der Waals surface area contributed by atoms with E-state index in [2.05, 4.69) is 0 Å². The van der Waals surface area contributed by atoms with E-state index in [0.717, 1.165) is 16.8 Å². The number of nitrogens with zero attached hydrogens (tertiary/aromatic N) is 3. The molecule has 7 heteroatoms. The van der Waals surface area contributed by atoms with Gasteiger partial charge in [-0.2, -0.15) is 0 Å². The van der Waals surface area contributed by atoms with Gasteiger partial charge in [0.25, 0.3) is 5.91 Å². The monoisotopic (exact) mass is 459 g/mol. The molecule has 1 amide bonds. The van der Waals surface area contributed by atoms with Crippen LogP contribution in [0.5, 0.6) is 0 Å². The molecule has 1 aliphatic heterocycles. The number of ketones is 1. The number of carbonyl (C=O) groups excluding carboxylic acids is 2. The average molecular weight is 460 g/mol. The number of furan rings is 1. The number of anilines is 1. The lowest BCUT2D eigenvalue weighted by Crippen LogP contribution is -2.38. The van der Waals surface area contributed by atoms with Gasteiger partial charge in [0.05, 0.1) is 23.9 Å². The van der Waals surface area contributed by atoms with Crippen molar-refractivity contribution in [2.75, 3.05) is 39.6 Å². The van der Waals surface area contributed by atoms with Gasteiger partial charge in [-0.3, -0.25) is 9.59 Å². The van der Waals surface area contributed by atoms with Crippen LogP contribution in [0.1, 0.15) is 33.8 Å². The molecule has 0 saturated heterocycles. The van der Waals surface area contributed by atoms with E-state index >= 15 is 0 Å². The minimum Gasteiger partial charge on any atom is -0.503 e. The van der Waals surface area contributed by atoms with Gasteiger partial charge in [0.2, 0.25) is 5.78 Å². The Morgan fingerprint density at radius 1 is 1.00 bits per heavy atom. The molecule has 1 N–H and O–H groups in total. The molecule has 1 aromatic heterocycles. The third-order valence-corrected chi connectivity index (χ3v) is 6.20. The van der Waals surface area contributed by atoms with Gasteiger partial charge in [0, 0.05) is 26.3 Å². The van der Waals surface area contributed by atoms with Gasteiger partial charge in [-0.15, -0.1) is 0 Å². The molecule has 0 fully saturated rings. The van der Waals surface area contributed by atoms with Crippen molar-refractivity contribution >= 4 is 17.4 Å². The fraction of sp³-hybridized carbons (Fsp3) is 0.259. The molecule has 0 bridgehead atoms. The van der Waals surface area contributed by atoms with E-state index < -0.39 is 23.5 Å². The smallest absolute Gasteiger partial charge is 0.290 e. The van der Waals surface area contributed by atoms with Crippen LogP contribution >= 0.6 is 0 Å². The van der Waals surface area contributed by atoms with Crippen molar-refractivity contribution in [1.82, 2.24) is 9.80 Å². The van der Waals surface area contributed by atoms with Gasteiger partial charge in [-0.05, 0) is 49.5 Å². The van der Waals surface area contributed by atoms with Crippen LogP contribution in [0.15, 0.2) is 88.7 Å². The lowest BCUT2D eigenvalue weighted by Gasteiger charge is -2.33. The number of aliphatic hydroxyl groups excluding tert-OH is 1. The molecule has 4 rings (SSSR count). The maximum atomic E-state index is 13.3. The highest BCUT2D eigenvalue weighted by Gasteiger charge is 2.45. The second-order valence-electron chi connectivity index (χ2n) is 8.80. The summed E-state index contributed by atoms with van der Waals surface area (Å²) in [4.78, 5) is 32.3. The van der Waals surface area contributed by atoms with Crippen molar-refractivity contribution in [1.29, 1.82) is 0 Å². The molecular weight excluding hydrogens is 430 g/mol. The van der Waals surface area contributed by atoms with E-state index in [0.29, 0.717) is 0 Å².